The SMILES string of the molecule is CCC(C)NC(=O)C(C)N(Cc1ccc(F)cc1)C(=O)COc1ccc([N+](=O)[O-])c(OC)c1. The Morgan fingerprint density at radius 1 is 1.18 bits per heavy atom. The molecule has 0 aliphatic rings. The third-order valence-electron chi connectivity index (χ3n) is 5.14. The molecule has 2 unspecified atom stereocenters. The molecule has 1 N–H and O–H groups in total. The number of carbonyl (C=O) groups is 2. The van der Waals surface area contributed by atoms with Crippen molar-refractivity contribution < 1.29 is 28.4 Å². The maximum atomic E-state index is 13.3. The summed E-state index contributed by atoms with van der Waals surface area (Å²) in [7, 11) is 1.29. The van der Waals surface area contributed by atoms with Gasteiger partial charge < -0.3 is 19.7 Å². The molecule has 2 amide bonds. The van der Waals surface area contributed by atoms with Gasteiger partial charge in [0, 0.05) is 24.7 Å². The van der Waals surface area contributed by atoms with Crippen LogP contribution in [0.25, 0.3) is 0 Å². The van der Waals surface area contributed by atoms with Crippen LogP contribution in [0.5, 0.6) is 11.5 Å². The molecule has 2 rings (SSSR count). The minimum Gasteiger partial charge on any atom is -0.490 e. The third-order valence-corrected chi connectivity index (χ3v) is 5.14. The summed E-state index contributed by atoms with van der Waals surface area (Å²) in [4.78, 5) is 37.5. The van der Waals surface area contributed by atoms with Crippen molar-refractivity contribution in [1.29, 1.82) is 0 Å². The fraction of sp³-hybridized carbons (Fsp3) is 0.391. The highest BCUT2D eigenvalue weighted by atomic mass is 19.1. The molecular weight excluding hydrogens is 433 g/mol. The van der Waals surface area contributed by atoms with E-state index in [4.69, 9.17) is 9.47 Å². The van der Waals surface area contributed by atoms with Crippen LogP contribution in [-0.4, -0.2) is 47.4 Å². The van der Waals surface area contributed by atoms with Crippen LogP contribution in [0.3, 0.4) is 0 Å². The number of hydrogen-bond acceptors (Lipinski definition) is 6. The Labute approximate surface area is 191 Å². The van der Waals surface area contributed by atoms with Gasteiger partial charge in [-0.2, -0.15) is 0 Å². The van der Waals surface area contributed by atoms with Gasteiger partial charge in [-0.15, -0.1) is 0 Å². The van der Waals surface area contributed by atoms with Gasteiger partial charge >= 0.3 is 5.69 Å². The number of nitro benzene ring substituents is 1. The number of ether oxygens (including phenoxy) is 2. The summed E-state index contributed by atoms with van der Waals surface area (Å²) >= 11 is 0. The van der Waals surface area contributed by atoms with Crippen LogP contribution in [0.2, 0.25) is 0 Å². The number of nitro groups is 1. The van der Waals surface area contributed by atoms with Gasteiger partial charge in [0.15, 0.2) is 6.61 Å². The fourth-order valence-corrected chi connectivity index (χ4v) is 2.96. The number of benzene rings is 2. The van der Waals surface area contributed by atoms with Crippen molar-refractivity contribution >= 4 is 17.5 Å². The standard InChI is InChI=1S/C23H28FN3O6/c1-5-15(2)25-23(29)16(3)26(13-17-6-8-18(24)9-7-17)22(28)14-33-19-10-11-20(27(30)31)21(12-19)32-4/h6-12,15-16H,5,13-14H2,1-4H3,(H,25,29). The monoisotopic (exact) mass is 461 g/mol. The van der Waals surface area contributed by atoms with E-state index in [9.17, 15) is 24.1 Å². The quantitative estimate of drug-likeness (QED) is 0.405. The smallest absolute Gasteiger partial charge is 0.311 e. The molecule has 9 nitrogen and oxygen atoms in total. The molecule has 2 aromatic carbocycles. The Morgan fingerprint density at radius 3 is 2.42 bits per heavy atom. The van der Waals surface area contributed by atoms with Gasteiger partial charge in [-0.3, -0.25) is 19.7 Å². The Balaban J connectivity index is 2.19. The zero-order valence-corrected chi connectivity index (χ0v) is 19.0. The number of amides is 2. The normalized spacial score (nSPS) is 12.4. The second-order valence-corrected chi connectivity index (χ2v) is 7.52. The lowest BCUT2D eigenvalue weighted by Crippen LogP contribution is -2.50. The molecule has 178 valence electrons. The zero-order valence-electron chi connectivity index (χ0n) is 19.0. The topological polar surface area (TPSA) is 111 Å². The average molecular weight is 461 g/mol. The first-order valence-electron chi connectivity index (χ1n) is 10.5. The number of nitrogens with one attached hydrogen (secondary N) is 1. The summed E-state index contributed by atoms with van der Waals surface area (Å²) in [6.45, 7) is 5.06. The Hall–Kier alpha value is -3.69. The third kappa shape index (κ3) is 7.16. The molecule has 0 aliphatic carbocycles. The maximum Gasteiger partial charge on any atom is 0.311 e. The number of methoxy groups -OCH3 is 1. The highest BCUT2D eigenvalue weighted by Gasteiger charge is 2.27. The molecule has 0 fully saturated rings. The van der Waals surface area contributed by atoms with Crippen LogP contribution in [0.15, 0.2) is 42.5 Å². The molecule has 0 saturated carbocycles. The zero-order chi connectivity index (χ0) is 24.5. The van der Waals surface area contributed by atoms with Gasteiger partial charge in [0.05, 0.1) is 12.0 Å². The van der Waals surface area contributed by atoms with Crippen LogP contribution in [0.4, 0.5) is 10.1 Å². The van der Waals surface area contributed by atoms with Gasteiger partial charge in [0.25, 0.3) is 5.91 Å². The second-order valence-electron chi connectivity index (χ2n) is 7.52. The molecule has 0 aromatic heterocycles. The predicted molar refractivity (Wildman–Crippen MR) is 119 cm³/mol. The van der Waals surface area contributed by atoms with Crippen LogP contribution in [0.1, 0.15) is 32.8 Å². The number of halogens is 1. The summed E-state index contributed by atoms with van der Waals surface area (Å²) in [5, 5.41) is 13.9. The minimum absolute atomic E-state index is 0.00517. The Bertz CT molecular complexity index is 983. The Morgan fingerprint density at radius 2 is 1.85 bits per heavy atom. The molecule has 0 aliphatic heterocycles. The van der Waals surface area contributed by atoms with E-state index >= 15 is 0 Å². The summed E-state index contributed by atoms with van der Waals surface area (Å²) in [5.74, 6) is -1.02. The molecule has 0 bridgehead atoms. The van der Waals surface area contributed by atoms with E-state index < -0.39 is 29.3 Å². The molecule has 2 aromatic rings. The highest BCUT2D eigenvalue weighted by molar-refractivity contribution is 5.88. The van der Waals surface area contributed by atoms with E-state index in [-0.39, 0.29) is 35.7 Å². The molecule has 33 heavy (non-hydrogen) atoms. The van der Waals surface area contributed by atoms with E-state index in [1.165, 1.54) is 54.5 Å². The molecule has 2 atom stereocenters. The van der Waals surface area contributed by atoms with E-state index in [1.807, 2.05) is 13.8 Å². The lowest BCUT2D eigenvalue weighted by molar-refractivity contribution is -0.385. The van der Waals surface area contributed by atoms with Gasteiger partial charge in [0.2, 0.25) is 11.7 Å². The molecule has 0 heterocycles. The van der Waals surface area contributed by atoms with E-state index in [0.29, 0.717) is 5.56 Å². The van der Waals surface area contributed by atoms with E-state index in [2.05, 4.69) is 5.32 Å². The summed E-state index contributed by atoms with van der Waals surface area (Å²) in [6.07, 6.45) is 0.732. The van der Waals surface area contributed by atoms with Crippen LogP contribution < -0.4 is 14.8 Å². The first-order valence-corrected chi connectivity index (χ1v) is 10.5. The molecular formula is C23H28FN3O6. The van der Waals surface area contributed by atoms with Crippen LogP contribution in [-0.2, 0) is 16.1 Å². The van der Waals surface area contributed by atoms with Crippen LogP contribution >= 0.6 is 0 Å². The number of nitrogens with zero attached hydrogens (tertiary/aromatic N) is 2. The van der Waals surface area contributed by atoms with E-state index in [1.54, 1.807) is 6.92 Å². The summed E-state index contributed by atoms with van der Waals surface area (Å²) < 4.78 is 23.8. The van der Waals surface area contributed by atoms with Gasteiger partial charge in [0.1, 0.15) is 17.6 Å². The minimum atomic E-state index is -0.813. The van der Waals surface area contributed by atoms with Crippen molar-refractivity contribution in [3.8, 4) is 11.5 Å². The van der Waals surface area contributed by atoms with Crippen molar-refractivity contribution in [3.63, 3.8) is 0 Å². The maximum absolute atomic E-state index is 13.3. The molecule has 0 spiro atoms. The molecule has 0 radical (unpaired) electrons. The van der Waals surface area contributed by atoms with Crippen molar-refractivity contribution in [1.82, 2.24) is 10.2 Å². The lowest BCUT2D eigenvalue weighted by Gasteiger charge is -2.29. The van der Waals surface area contributed by atoms with Crippen molar-refractivity contribution in [2.75, 3.05) is 13.7 Å². The first kappa shape index (κ1) is 25.6. The van der Waals surface area contributed by atoms with E-state index in [0.717, 1.165) is 6.42 Å². The molecule has 0 saturated heterocycles. The molecule has 10 heteroatoms. The number of rotatable bonds is 11. The number of carbonyl (C=O) groups excluding carboxylic acids is 2. The van der Waals surface area contributed by atoms with Crippen molar-refractivity contribution in [2.24, 2.45) is 0 Å². The van der Waals surface area contributed by atoms with Gasteiger partial charge in [-0.05, 0) is 44.0 Å². The van der Waals surface area contributed by atoms with Crippen molar-refractivity contribution in [2.45, 2.75) is 45.8 Å². The average Bonchev–Trinajstić information content (AvgIpc) is 2.81. The lowest BCUT2D eigenvalue weighted by atomic mass is 10.1. The Kier molecular flexibility index (Phi) is 9.14. The van der Waals surface area contributed by atoms with Crippen LogP contribution in [0, 0.1) is 15.9 Å². The largest absolute Gasteiger partial charge is 0.490 e. The fourth-order valence-electron chi connectivity index (χ4n) is 2.96. The summed E-state index contributed by atoms with van der Waals surface area (Å²) in [5.41, 5.74) is 0.411. The summed E-state index contributed by atoms with van der Waals surface area (Å²) in [6, 6.07) is 8.65. The predicted octanol–water partition coefficient (Wildman–Crippen LogP) is 3.45. The van der Waals surface area contributed by atoms with Gasteiger partial charge in [-0.1, -0.05) is 19.1 Å². The highest BCUT2D eigenvalue weighted by Crippen LogP contribution is 2.30. The van der Waals surface area contributed by atoms with Crippen molar-refractivity contribution in [3.05, 3.63) is 64.0 Å². The number of hydrogen-bond donors (Lipinski definition) is 1. The second kappa shape index (κ2) is 11.8. The first-order chi connectivity index (χ1) is 15.7. The van der Waals surface area contributed by atoms with Gasteiger partial charge in [-0.25, -0.2) is 4.39 Å².